The fraction of sp³-hybridized carbons (Fsp3) is 0.160. The van der Waals surface area contributed by atoms with Crippen molar-refractivity contribution in [3.63, 3.8) is 0 Å². The van der Waals surface area contributed by atoms with Crippen LogP contribution in [0.15, 0.2) is 80.1 Å². The molecule has 0 saturated carbocycles. The first-order chi connectivity index (χ1) is 16.9. The minimum absolute atomic E-state index is 0.171. The number of carbonyl (C=O) groups is 1. The molecule has 0 bridgehead atoms. The van der Waals surface area contributed by atoms with Crippen molar-refractivity contribution < 1.29 is 18.9 Å². The lowest BCUT2D eigenvalue weighted by atomic mass is 9.91. The number of hydrogen-bond acceptors (Lipinski definition) is 8. The van der Waals surface area contributed by atoms with Gasteiger partial charge in [-0.15, -0.1) is 0 Å². The number of benzene rings is 2. The molecule has 0 saturated heterocycles. The monoisotopic (exact) mass is 489 g/mol. The van der Waals surface area contributed by atoms with Crippen molar-refractivity contribution in [2.75, 3.05) is 6.61 Å². The molecule has 9 nitrogen and oxygen atoms in total. The highest BCUT2D eigenvalue weighted by molar-refractivity contribution is 7.07. The number of esters is 1. The molecule has 1 aliphatic rings. The molecule has 0 fully saturated rings. The molecule has 0 aliphatic carbocycles. The normalized spacial score (nSPS) is 15.7. The predicted octanol–water partition coefficient (Wildman–Crippen LogP) is 3.45. The van der Waals surface area contributed by atoms with Gasteiger partial charge in [0.15, 0.2) is 4.80 Å². The van der Waals surface area contributed by atoms with Crippen molar-refractivity contribution in [3.05, 3.63) is 107 Å². The van der Waals surface area contributed by atoms with Gasteiger partial charge in [0.2, 0.25) is 0 Å². The largest absolute Gasteiger partial charge is 0.463 e. The van der Waals surface area contributed by atoms with Crippen molar-refractivity contribution in [2.24, 2.45) is 4.99 Å². The number of fused-ring (bicyclic) bond motifs is 2. The Morgan fingerprint density at radius 3 is 2.74 bits per heavy atom. The van der Waals surface area contributed by atoms with Crippen LogP contribution in [-0.4, -0.2) is 22.1 Å². The highest BCUT2D eigenvalue weighted by atomic mass is 32.1. The van der Waals surface area contributed by atoms with E-state index in [-0.39, 0.29) is 28.0 Å². The van der Waals surface area contributed by atoms with Crippen LogP contribution >= 0.6 is 11.3 Å². The number of furan rings is 1. The van der Waals surface area contributed by atoms with Gasteiger partial charge in [0.1, 0.15) is 10.7 Å². The van der Waals surface area contributed by atoms with E-state index in [1.54, 1.807) is 13.8 Å². The van der Waals surface area contributed by atoms with Gasteiger partial charge in [0.25, 0.3) is 5.56 Å². The molecule has 176 valence electrons. The van der Waals surface area contributed by atoms with Crippen molar-refractivity contribution >= 4 is 40.0 Å². The molecular formula is C25H19N3O6S. The smallest absolute Gasteiger partial charge is 0.433 e. The molecule has 0 unspecified atom stereocenters. The molecule has 2 aromatic carbocycles. The van der Waals surface area contributed by atoms with Crippen molar-refractivity contribution in [2.45, 2.75) is 19.9 Å². The standard InChI is InChI=1S/C25H19N3O6S/c1-3-33-24(30)21-14(2)26-25-27(22(21)18-10-6-8-15-7-4-5-9-17(15)18)23(29)19(35-25)13-16-11-12-20(34-16)28(31)32/h4-13,22H,3H2,1-2H3/b19-13-/t22-/m0/s1. The van der Waals surface area contributed by atoms with Crippen LogP contribution in [0.2, 0.25) is 0 Å². The second-order valence-electron chi connectivity index (χ2n) is 7.80. The van der Waals surface area contributed by atoms with E-state index >= 15 is 0 Å². The maximum Gasteiger partial charge on any atom is 0.433 e. The maximum atomic E-state index is 13.6. The maximum absolute atomic E-state index is 13.6. The second-order valence-corrected chi connectivity index (χ2v) is 8.81. The number of aromatic nitrogens is 1. The van der Waals surface area contributed by atoms with E-state index in [2.05, 4.69) is 4.99 Å². The number of thiazole rings is 1. The Bertz CT molecular complexity index is 1700. The summed E-state index contributed by atoms with van der Waals surface area (Å²) in [6.07, 6.45) is 1.44. The van der Waals surface area contributed by atoms with E-state index in [0.717, 1.165) is 27.7 Å². The molecule has 0 radical (unpaired) electrons. The Labute approximate surface area is 202 Å². The van der Waals surface area contributed by atoms with Gasteiger partial charge in [-0.3, -0.25) is 19.5 Å². The second kappa shape index (κ2) is 8.80. The third-order valence-electron chi connectivity index (χ3n) is 5.70. The summed E-state index contributed by atoms with van der Waals surface area (Å²) < 4.78 is 12.3. The fourth-order valence-electron chi connectivity index (χ4n) is 4.22. The fourth-order valence-corrected chi connectivity index (χ4v) is 5.25. The van der Waals surface area contributed by atoms with Crippen LogP contribution in [0, 0.1) is 10.1 Å². The molecule has 0 N–H and O–H groups in total. The quantitative estimate of drug-likeness (QED) is 0.241. The summed E-state index contributed by atoms with van der Waals surface area (Å²) in [7, 11) is 0. The molecule has 0 amide bonds. The van der Waals surface area contributed by atoms with Crippen molar-refractivity contribution in [1.82, 2.24) is 4.57 Å². The first-order valence-corrected chi connectivity index (χ1v) is 11.6. The van der Waals surface area contributed by atoms with Crippen LogP contribution in [0.25, 0.3) is 16.8 Å². The number of nitro groups is 1. The number of carbonyl (C=O) groups excluding carboxylic acids is 1. The zero-order valence-corrected chi connectivity index (χ0v) is 19.6. The van der Waals surface area contributed by atoms with E-state index in [1.165, 1.54) is 22.8 Å². The number of hydrogen-bond donors (Lipinski definition) is 0. The number of allylic oxidation sites excluding steroid dienone is 1. The van der Waals surface area contributed by atoms with Gasteiger partial charge >= 0.3 is 11.9 Å². The van der Waals surface area contributed by atoms with Gasteiger partial charge in [-0.1, -0.05) is 53.8 Å². The van der Waals surface area contributed by atoms with Gasteiger partial charge in [-0.25, -0.2) is 9.79 Å². The van der Waals surface area contributed by atoms with Gasteiger partial charge in [0, 0.05) is 6.08 Å². The Morgan fingerprint density at radius 2 is 2.00 bits per heavy atom. The van der Waals surface area contributed by atoms with E-state index in [9.17, 15) is 19.7 Å². The average molecular weight is 490 g/mol. The molecular weight excluding hydrogens is 470 g/mol. The number of nitrogens with zero attached hydrogens (tertiary/aromatic N) is 3. The van der Waals surface area contributed by atoms with E-state index in [1.807, 2.05) is 42.5 Å². The molecule has 35 heavy (non-hydrogen) atoms. The average Bonchev–Trinajstić information content (AvgIpc) is 3.43. The lowest BCUT2D eigenvalue weighted by molar-refractivity contribution is -0.402. The highest BCUT2D eigenvalue weighted by Gasteiger charge is 2.34. The summed E-state index contributed by atoms with van der Waals surface area (Å²) in [5.74, 6) is -0.786. The molecule has 5 rings (SSSR count). The number of rotatable bonds is 5. The summed E-state index contributed by atoms with van der Waals surface area (Å²) in [6, 6.07) is 15.4. The summed E-state index contributed by atoms with van der Waals surface area (Å²) in [6.45, 7) is 3.62. The molecule has 10 heteroatoms. The Morgan fingerprint density at radius 1 is 1.23 bits per heavy atom. The third kappa shape index (κ3) is 3.87. The zero-order chi connectivity index (χ0) is 24.7. The minimum Gasteiger partial charge on any atom is -0.463 e. The van der Waals surface area contributed by atoms with Crippen LogP contribution < -0.4 is 14.9 Å². The summed E-state index contributed by atoms with van der Waals surface area (Å²) in [5, 5.41) is 12.8. The summed E-state index contributed by atoms with van der Waals surface area (Å²) in [4.78, 5) is 42.0. The van der Waals surface area contributed by atoms with Gasteiger partial charge in [-0.2, -0.15) is 0 Å². The van der Waals surface area contributed by atoms with E-state index in [0.29, 0.717) is 10.5 Å². The number of ether oxygens (including phenoxy) is 1. The summed E-state index contributed by atoms with van der Waals surface area (Å²) >= 11 is 1.12. The molecule has 1 aliphatic heterocycles. The third-order valence-corrected chi connectivity index (χ3v) is 6.68. The van der Waals surface area contributed by atoms with Crippen LogP contribution in [0.3, 0.4) is 0 Å². The van der Waals surface area contributed by atoms with Gasteiger partial charge < -0.3 is 9.15 Å². The van der Waals surface area contributed by atoms with E-state index < -0.39 is 22.8 Å². The molecule has 0 spiro atoms. The minimum atomic E-state index is -0.760. The van der Waals surface area contributed by atoms with E-state index in [4.69, 9.17) is 9.15 Å². The van der Waals surface area contributed by atoms with Crippen molar-refractivity contribution in [1.29, 1.82) is 0 Å². The molecule has 4 aromatic rings. The van der Waals surface area contributed by atoms with Gasteiger partial charge in [0.05, 0.1) is 34.5 Å². The van der Waals surface area contributed by atoms with Crippen molar-refractivity contribution in [3.8, 4) is 0 Å². The molecule has 1 atom stereocenters. The molecule has 3 heterocycles. The van der Waals surface area contributed by atoms with Crippen LogP contribution in [0.4, 0.5) is 5.88 Å². The molecule has 2 aromatic heterocycles. The van der Waals surface area contributed by atoms with Crippen LogP contribution in [0.1, 0.15) is 31.2 Å². The SMILES string of the molecule is CCOC(=O)C1=C(C)N=c2s/c(=C\c3ccc([N+](=O)[O-])o3)c(=O)n2[C@H]1c1cccc2ccccc12. The lowest BCUT2D eigenvalue weighted by Gasteiger charge is -2.25. The van der Waals surface area contributed by atoms with Crippen LogP contribution in [-0.2, 0) is 9.53 Å². The zero-order valence-electron chi connectivity index (χ0n) is 18.8. The Hall–Kier alpha value is -4.31. The van der Waals surface area contributed by atoms with Crippen LogP contribution in [0.5, 0.6) is 0 Å². The Balaban J connectivity index is 1.78. The summed E-state index contributed by atoms with van der Waals surface area (Å²) in [5.41, 5.74) is 1.13. The first kappa shape index (κ1) is 22.5. The first-order valence-electron chi connectivity index (χ1n) is 10.8. The lowest BCUT2D eigenvalue weighted by Crippen LogP contribution is -2.40. The highest BCUT2D eigenvalue weighted by Crippen LogP contribution is 2.34. The Kier molecular flexibility index (Phi) is 5.65. The van der Waals surface area contributed by atoms with Gasteiger partial charge in [-0.05, 0) is 36.2 Å². The topological polar surface area (TPSA) is 117 Å². The predicted molar refractivity (Wildman–Crippen MR) is 130 cm³/mol.